The summed E-state index contributed by atoms with van der Waals surface area (Å²) in [6.07, 6.45) is 0.683. The third kappa shape index (κ3) is 4.11. The van der Waals surface area contributed by atoms with E-state index in [0.29, 0.717) is 38.2 Å². The summed E-state index contributed by atoms with van der Waals surface area (Å²) in [4.78, 5) is 12.9. The number of nitrogens with one attached hydrogen (secondary N) is 1. The van der Waals surface area contributed by atoms with Gasteiger partial charge < -0.3 is 4.74 Å². The first-order valence-electron chi connectivity index (χ1n) is 6.47. The molecule has 1 aromatic carbocycles. The minimum atomic E-state index is -3.51. The van der Waals surface area contributed by atoms with E-state index in [4.69, 9.17) is 4.74 Å². The summed E-state index contributed by atoms with van der Waals surface area (Å²) >= 11 is 0. The summed E-state index contributed by atoms with van der Waals surface area (Å²) in [6, 6.07) is 5.84. The predicted molar refractivity (Wildman–Crippen MR) is 74.3 cm³/mol. The summed E-state index contributed by atoms with van der Waals surface area (Å²) in [5.41, 5.74) is 0.456. The zero-order chi connectivity index (χ0) is 14.4. The van der Waals surface area contributed by atoms with E-state index in [1.807, 2.05) is 0 Å². The van der Waals surface area contributed by atoms with Crippen LogP contribution in [0.25, 0.3) is 0 Å². The zero-order valence-corrected chi connectivity index (χ0v) is 11.9. The predicted octanol–water partition coefficient (Wildman–Crippen LogP) is 0.110. The van der Waals surface area contributed by atoms with Crippen LogP contribution in [0, 0.1) is 0 Å². The van der Waals surface area contributed by atoms with Crippen LogP contribution in [-0.4, -0.2) is 59.0 Å². The van der Waals surface area contributed by atoms with E-state index in [2.05, 4.69) is 9.62 Å². The van der Waals surface area contributed by atoms with E-state index >= 15 is 0 Å². The van der Waals surface area contributed by atoms with Crippen LogP contribution in [0.1, 0.15) is 10.4 Å². The summed E-state index contributed by atoms with van der Waals surface area (Å²) in [7, 11) is -3.51. The lowest BCUT2D eigenvalue weighted by Gasteiger charge is -2.26. The van der Waals surface area contributed by atoms with Gasteiger partial charge in [-0.2, -0.15) is 0 Å². The molecular formula is C13H18N2O4S. The van der Waals surface area contributed by atoms with Crippen molar-refractivity contribution in [3.8, 4) is 0 Å². The van der Waals surface area contributed by atoms with E-state index in [1.54, 1.807) is 0 Å². The van der Waals surface area contributed by atoms with Crippen molar-refractivity contribution in [3.63, 3.8) is 0 Å². The number of morpholine rings is 1. The number of aldehydes is 1. The minimum Gasteiger partial charge on any atom is -0.379 e. The van der Waals surface area contributed by atoms with Crippen LogP contribution in [0.15, 0.2) is 29.2 Å². The van der Waals surface area contributed by atoms with Crippen molar-refractivity contribution in [1.82, 2.24) is 9.62 Å². The van der Waals surface area contributed by atoms with Crippen LogP contribution < -0.4 is 4.72 Å². The second-order valence-corrected chi connectivity index (χ2v) is 6.31. The van der Waals surface area contributed by atoms with Gasteiger partial charge in [-0.3, -0.25) is 9.69 Å². The summed E-state index contributed by atoms with van der Waals surface area (Å²) in [6.45, 7) is 4.07. The Morgan fingerprint density at radius 2 is 1.85 bits per heavy atom. The zero-order valence-electron chi connectivity index (χ0n) is 11.1. The van der Waals surface area contributed by atoms with E-state index in [-0.39, 0.29) is 4.90 Å². The summed E-state index contributed by atoms with van der Waals surface area (Å²) in [5, 5.41) is 0. The molecule has 6 nitrogen and oxygen atoms in total. The topological polar surface area (TPSA) is 75.7 Å². The first-order valence-corrected chi connectivity index (χ1v) is 7.95. The monoisotopic (exact) mass is 298 g/mol. The number of ether oxygens (including phenoxy) is 1. The van der Waals surface area contributed by atoms with Gasteiger partial charge in [0.1, 0.15) is 6.29 Å². The number of sulfonamides is 1. The maximum atomic E-state index is 12.0. The number of carbonyl (C=O) groups is 1. The molecule has 0 aromatic heterocycles. The molecule has 0 saturated carbocycles. The van der Waals surface area contributed by atoms with Gasteiger partial charge in [-0.1, -0.05) is 12.1 Å². The first kappa shape index (κ1) is 15.1. The highest BCUT2D eigenvalue weighted by atomic mass is 32.2. The maximum absolute atomic E-state index is 12.0. The van der Waals surface area contributed by atoms with Gasteiger partial charge in [0.25, 0.3) is 0 Å². The van der Waals surface area contributed by atoms with Gasteiger partial charge in [0, 0.05) is 31.7 Å². The molecule has 2 rings (SSSR count). The molecule has 0 spiro atoms. The van der Waals surface area contributed by atoms with Crippen molar-refractivity contribution < 1.29 is 17.9 Å². The number of hydrogen-bond acceptors (Lipinski definition) is 5. The van der Waals surface area contributed by atoms with Crippen molar-refractivity contribution in [3.05, 3.63) is 29.8 Å². The lowest BCUT2D eigenvalue weighted by Crippen LogP contribution is -2.41. The molecule has 1 N–H and O–H groups in total. The van der Waals surface area contributed by atoms with Crippen molar-refractivity contribution in [2.24, 2.45) is 0 Å². The first-order chi connectivity index (χ1) is 9.62. The molecule has 1 aliphatic rings. The van der Waals surface area contributed by atoms with Gasteiger partial charge in [-0.05, 0) is 12.1 Å². The third-order valence-corrected chi connectivity index (χ3v) is 4.63. The molecule has 0 unspecified atom stereocenters. The Morgan fingerprint density at radius 3 is 2.45 bits per heavy atom. The highest BCUT2D eigenvalue weighted by molar-refractivity contribution is 7.89. The maximum Gasteiger partial charge on any atom is 0.240 e. The Morgan fingerprint density at radius 1 is 1.20 bits per heavy atom. The largest absolute Gasteiger partial charge is 0.379 e. The normalized spacial score (nSPS) is 17.0. The fourth-order valence-corrected chi connectivity index (χ4v) is 2.99. The molecule has 1 aliphatic heterocycles. The van der Waals surface area contributed by atoms with Crippen LogP contribution >= 0.6 is 0 Å². The number of benzene rings is 1. The van der Waals surface area contributed by atoms with Gasteiger partial charge in [0.2, 0.25) is 10.0 Å². The third-order valence-electron chi connectivity index (χ3n) is 3.15. The molecule has 1 fully saturated rings. The highest BCUT2D eigenvalue weighted by Crippen LogP contribution is 2.09. The molecule has 7 heteroatoms. The van der Waals surface area contributed by atoms with Crippen LogP contribution in [0.2, 0.25) is 0 Å². The Labute approximate surface area is 118 Å². The number of hydrogen-bond donors (Lipinski definition) is 1. The molecular weight excluding hydrogens is 280 g/mol. The number of nitrogens with zero attached hydrogens (tertiary/aromatic N) is 1. The Hall–Kier alpha value is -1.28. The van der Waals surface area contributed by atoms with Gasteiger partial charge in [0.05, 0.1) is 18.1 Å². The van der Waals surface area contributed by atoms with Crippen LogP contribution in [-0.2, 0) is 14.8 Å². The lowest BCUT2D eigenvalue weighted by atomic mass is 10.2. The molecule has 0 amide bonds. The SMILES string of the molecule is O=Cc1ccc(S(=O)(=O)NCCN2CCOCC2)cc1. The van der Waals surface area contributed by atoms with E-state index in [9.17, 15) is 13.2 Å². The van der Waals surface area contributed by atoms with E-state index < -0.39 is 10.0 Å². The average molecular weight is 298 g/mol. The minimum absolute atomic E-state index is 0.171. The number of rotatable bonds is 6. The fraction of sp³-hybridized carbons (Fsp3) is 0.462. The standard InChI is InChI=1S/C13H18N2O4S/c16-11-12-1-3-13(4-2-12)20(17,18)14-5-6-15-7-9-19-10-8-15/h1-4,11,14H,5-10H2. The van der Waals surface area contributed by atoms with E-state index in [0.717, 1.165) is 13.1 Å². The number of carbonyl (C=O) groups excluding carboxylic acids is 1. The van der Waals surface area contributed by atoms with Gasteiger partial charge in [-0.15, -0.1) is 0 Å². The highest BCUT2D eigenvalue weighted by Gasteiger charge is 2.15. The average Bonchev–Trinajstić information content (AvgIpc) is 2.48. The molecule has 1 aromatic rings. The molecule has 1 saturated heterocycles. The van der Waals surface area contributed by atoms with Crippen molar-refractivity contribution >= 4 is 16.3 Å². The van der Waals surface area contributed by atoms with Crippen LogP contribution in [0.3, 0.4) is 0 Å². The Kier molecular flexibility index (Phi) is 5.24. The summed E-state index contributed by atoms with van der Waals surface area (Å²) < 4.78 is 31.9. The quantitative estimate of drug-likeness (QED) is 0.754. The molecule has 0 radical (unpaired) electrons. The smallest absolute Gasteiger partial charge is 0.240 e. The van der Waals surface area contributed by atoms with E-state index in [1.165, 1.54) is 24.3 Å². The van der Waals surface area contributed by atoms with Crippen LogP contribution in [0.5, 0.6) is 0 Å². The molecule has 1 heterocycles. The fourth-order valence-electron chi connectivity index (χ4n) is 1.97. The Bertz CT molecular complexity index is 536. The van der Waals surface area contributed by atoms with Gasteiger partial charge in [-0.25, -0.2) is 13.1 Å². The second-order valence-electron chi connectivity index (χ2n) is 4.54. The molecule has 0 bridgehead atoms. The molecule has 110 valence electrons. The van der Waals surface area contributed by atoms with Gasteiger partial charge >= 0.3 is 0 Å². The van der Waals surface area contributed by atoms with Crippen LogP contribution in [0.4, 0.5) is 0 Å². The molecule has 20 heavy (non-hydrogen) atoms. The molecule has 0 atom stereocenters. The van der Waals surface area contributed by atoms with Gasteiger partial charge in [0.15, 0.2) is 0 Å². The second kappa shape index (κ2) is 6.94. The lowest BCUT2D eigenvalue weighted by molar-refractivity contribution is 0.0390. The molecule has 0 aliphatic carbocycles. The van der Waals surface area contributed by atoms with Crippen molar-refractivity contribution in [1.29, 1.82) is 0 Å². The van der Waals surface area contributed by atoms with Crippen molar-refractivity contribution in [2.75, 3.05) is 39.4 Å². The Balaban J connectivity index is 1.87. The summed E-state index contributed by atoms with van der Waals surface area (Å²) in [5.74, 6) is 0. The van der Waals surface area contributed by atoms with Crippen molar-refractivity contribution in [2.45, 2.75) is 4.90 Å².